The Morgan fingerprint density at radius 2 is 1.16 bits per heavy atom. The molecule has 272 valence electrons. The van der Waals surface area contributed by atoms with Crippen LogP contribution in [0.5, 0.6) is 0 Å². The molecular weight excluding hydrogens is 697 g/mol. The van der Waals surface area contributed by atoms with Crippen LogP contribution in [0, 0.1) is 23.7 Å². The minimum absolute atomic E-state index is 0.00353. The average molecular weight is 741 g/mol. The van der Waals surface area contributed by atoms with Crippen molar-refractivity contribution in [3.8, 4) is 44.5 Å². The van der Waals surface area contributed by atoms with Gasteiger partial charge in [-0.25, -0.2) is 0 Å². The zero-order valence-corrected chi connectivity index (χ0v) is 32.8. The van der Waals surface area contributed by atoms with Gasteiger partial charge < -0.3 is 4.42 Å². The minimum atomic E-state index is 0.00353. The van der Waals surface area contributed by atoms with Crippen LogP contribution in [0.3, 0.4) is 0 Å². The van der Waals surface area contributed by atoms with Crippen LogP contribution >= 0.6 is 11.3 Å². The summed E-state index contributed by atoms with van der Waals surface area (Å²) in [5, 5.41) is 5.12. The maximum Gasteiger partial charge on any atom is 0.136 e. The Labute approximate surface area is 332 Å². The lowest BCUT2D eigenvalue weighted by Crippen LogP contribution is -2.49. The van der Waals surface area contributed by atoms with Gasteiger partial charge in [-0.05, 0) is 129 Å². The van der Waals surface area contributed by atoms with Gasteiger partial charge in [-0.15, -0.1) is 11.3 Å². The molecule has 3 aliphatic rings. The van der Waals surface area contributed by atoms with E-state index in [4.69, 9.17) is 4.42 Å². The van der Waals surface area contributed by atoms with Gasteiger partial charge in [0.1, 0.15) is 11.2 Å². The Hall–Kier alpha value is -5.44. The molecule has 5 unspecified atom stereocenters. The largest absolute Gasteiger partial charge is 0.456 e. The lowest BCUT2D eigenvalue weighted by Gasteiger charge is -2.54. The Morgan fingerprint density at radius 1 is 0.536 bits per heavy atom. The molecule has 9 aromatic rings. The van der Waals surface area contributed by atoms with Gasteiger partial charge in [0, 0.05) is 36.4 Å². The van der Waals surface area contributed by atoms with E-state index in [0.717, 1.165) is 23.0 Å². The molecule has 0 amide bonds. The van der Waals surface area contributed by atoms with E-state index >= 15 is 0 Å². The fraction of sp³-hybridized carbons (Fsp3) is 0.222. The average Bonchev–Trinajstić information content (AvgIpc) is 3.91. The quantitative estimate of drug-likeness (QED) is 0.175. The van der Waals surface area contributed by atoms with E-state index < -0.39 is 0 Å². The predicted octanol–water partition coefficient (Wildman–Crippen LogP) is 15.7. The fourth-order valence-electron chi connectivity index (χ4n) is 12.3. The standard InChI is InChI=1S/C54H44OS/c1-3-33-29-34-28-32(2)54(37(30-33)31-34)44-18-8-14-39(36-26-24-35(25-27-36)38-15-10-21-47-50(38)42-12-4-6-20-46(42)55-47)52(44)53-41(16-9-19-45(53)54)40-17-11-23-49-51(40)43-13-5-7-22-48(43)56-49/h4-27,32-34,37H,3,28-31H2,1-2H3. The normalized spacial score (nSPS) is 22.7. The highest BCUT2D eigenvalue weighted by Gasteiger charge is 2.57. The molecule has 7 aromatic carbocycles. The minimum Gasteiger partial charge on any atom is -0.456 e. The van der Waals surface area contributed by atoms with Crippen molar-refractivity contribution in [2.75, 3.05) is 0 Å². The maximum atomic E-state index is 6.29. The first-order valence-electron chi connectivity index (χ1n) is 20.8. The zero-order chi connectivity index (χ0) is 37.1. The third-order valence-electron chi connectivity index (χ3n) is 14.5. The second kappa shape index (κ2) is 12.3. The molecule has 2 heterocycles. The summed E-state index contributed by atoms with van der Waals surface area (Å²) in [4.78, 5) is 0. The molecule has 56 heavy (non-hydrogen) atoms. The van der Waals surface area contributed by atoms with E-state index in [0.29, 0.717) is 11.8 Å². The highest BCUT2D eigenvalue weighted by Crippen LogP contribution is 2.67. The highest BCUT2D eigenvalue weighted by molar-refractivity contribution is 7.25. The Morgan fingerprint density at radius 3 is 1.98 bits per heavy atom. The predicted molar refractivity (Wildman–Crippen MR) is 238 cm³/mol. The molecule has 0 radical (unpaired) electrons. The fourth-order valence-corrected chi connectivity index (χ4v) is 13.4. The van der Waals surface area contributed by atoms with Crippen LogP contribution in [-0.2, 0) is 5.41 Å². The summed E-state index contributed by atoms with van der Waals surface area (Å²) < 4.78 is 9.02. The SMILES string of the molecule is CCC1CC2CC(C)C3(c4cccc(-c5ccc(-c6cccc7oc8ccccc8c67)cc5)c4-c4c(-c5cccc6sc7ccccc7c56)cccc43)C(C1)C2. The first-order chi connectivity index (χ1) is 27.6. The molecule has 2 fully saturated rings. The van der Waals surface area contributed by atoms with Crippen LogP contribution in [0.4, 0.5) is 0 Å². The van der Waals surface area contributed by atoms with Gasteiger partial charge in [-0.2, -0.15) is 0 Å². The monoisotopic (exact) mass is 740 g/mol. The van der Waals surface area contributed by atoms with Gasteiger partial charge in [0.05, 0.1) is 0 Å². The van der Waals surface area contributed by atoms with Gasteiger partial charge in [-0.1, -0.05) is 142 Å². The molecular formula is C54H44OS. The van der Waals surface area contributed by atoms with Crippen molar-refractivity contribution in [2.45, 2.75) is 51.4 Å². The molecule has 12 rings (SSSR count). The summed E-state index contributed by atoms with van der Waals surface area (Å²) >= 11 is 1.92. The second-order valence-corrected chi connectivity index (χ2v) is 18.2. The van der Waals surface area contributed by atoms with Crippen molar-refractivity contribution in [1.82, 2.24) is 0 Å². The van der Waals surface area contributed by atoms with Crippen molar-refractivity contribution in [2.24, 2.45) is 23.7 Å². The summed E-state index contributed by atoms with van der Waals surface area (Å²) in [5.41, 5.74) is 15.8. The van der Waals surface area contributed by atoms with Crippen LogP contribution in [0.15, 0.2) is 150 Å². The van der Waals surface area contributed by atoms with Gasteiger partial charge in [-0.3, -0.25) is 0 Å². The van der Waals surface area contributed by atoms with Gasteiger partial charge in [0.25, 0.3) is 0 Å². The van der Waals surface area contributed by atoms with Crippen LogP contribution in [-0.4, -0.2) is 0 Å². The van der Waals surface area contributed by atoms with E-state index in [1.807, 2.05) is 11.3 Å². The van der Waals surface area contributed by atoms with E-state index in [1.165, 1.54) is 108 Å². The van der Waals surface area contributed by atoms with Crippen molar-refractivity contribution >= 4 is 53.4 Å². The number of para-hydroxylation sites is 1. The van der Waals surface area contributed by atoms with E-state index in [-0.39, 0.29) is 5.41 Å². The van der Waals surface area contributed by atoms with Crippen LogP contribution < -0.4 is 0 Å². The van der Waals surface area contributed by atoms with Gasteiger partial charge in [0.2, 0.25) is 0 Å². The van der Waals surface area contributed by atoms with Crippen molar-refractivity contribution in [3.05, 3.63) is 157 Å². The molecule has 3 aliphatic carbocycles. The van der Waals surface area contributed by atoms with E-state index in [2.05, 4.69) is 159 Å². The first kappa shape index (κ1) is 32.8. The summed E-state index contributed by atoms with van der Waals surface area (Å²) in [7, 11) is 0. The Kier molecular flexibility index (Phi) is 7.19. The Balaban J connectivity index is 1.10. The summed E-state index contributed by atoms with van der Waals surface area (Å²) in [5.74, 6) is 2.87. The number of hydrogen-bond acceptors (Lipinski definition) is 2. The number of hydrogen-bond donors (Lipinski definition) is 0. The molecule has 0 saturated heterocycles. The lowest BCUT2D eigenvalue weighted by molar-refractivity contribution is 0.0368. The molecule has 5 atom stereocenters. The van der Waals surface area contributed by atoms with Crippen molar-refractivity contribution < 1.29 is 4.42 Å². The van der Waals surface area contributed by atoms with Gasteiger partial charge >= 0.3 is 0 Å². The zero-order valence-electron chi connectivity index (χ0n) is 32.0. The number of rotatable bonds is 4. The molecule has 1 spiro atoms. The second-order valence-electron chi connectivity index (χ2n) is 17.1. The number of benzene rings is 7. The molecule has 0 N–H and O–H groups in total. The highest BCUT2D eigenvalue weighted by atomic mass is 32.1. The summed E-state index contributed by atoms with van der Waals surface area (Å²) in [6.45, 7) is 5.03. The topological polar surface area (TPSA) is 13.1 Å². The number of furan rings is 1. The molecule has 2 bridgehead atoms. The summed E-state index contributed by atoms with van der Waals surface area (Å²) in [6, 6.07) is 55.0. The molecule has 2 heteroatoms. The number of fused-ring (bicyclic) bond motifs is 14. The molecule has 0 aliphatic heterocycles. The van der Waals surface area contributed by atoms with Crippen molar-refractivity contribution in [1.29, 1.82) is 0 Å². The van der Waals surface area contributed by atoms with E-state index in [9.17, 15) is 0 Å². The maximum absolute atomic E-state index is 6.29. The van der Waals surface area contributed by atoms with Crippen molar-refractivity contribution in [3.63, 3.8) is 0 Å². The number of thiophene rings is 1. The van der Waals surface area contributed by atoms with E-state index in [1.54, 1.807) is 11.1 Å². The smallest absolute Gasteiger partial charge is 0.136 e. The molecule has 2 saturated carbocycles. The van der Waals surface area contributed by atoms with Crippen LogP contribution in [0.25, 0.3) is 86.6 Å². The first-order valence-corrected chi connectivity index (χ1v) is 21.6. The third kappa shape index (κ3) is 4.48. The lowest BCUT2D eigenvalue weighted by atomic mass is 9.49. The summed E-state index contributed by atoms with van der Waals surface area (Å²) in [6.07, 6.45) is 6.70. The molecule has 1 nitrogen and oxygen atoms in total. The molecule has 2 aromatic heterocycles. The van der Waals surface area contributed by atoms with Crippen LogP contribution in [0.2, 0.25) is 0 Å². The van der Waals surface area contributed by atoms with Crippen LogP contribution in [0.1, 0.15) is 57.1 Å². The van der Waals surface area contributed by atoms with Gasteiger partial charge in [0.15, 0.2) is 0 Å². The Bertz CT molecular complexity index is 3010. The third-order valence-corrected chi connectivity index (χ3v) is 15.6.